The number of rotatable bonds is 4. The van der Waals surface area contributed by atoms with Gasteiger partial charge in [0.25, 0.3) is 0 Å². The summed E-state index contributed by atoms with van der Waals surface area (Å²) < 4.78 is 15.7. The summed E-state index contributed by atoms with van der Waals surface area (Å²) in [6.45, 7) is 4.45. The molecule has 6 nitrogen and oxygen atoms in total. The Morgan fingerprint density at radius 2 is 2.15 bits per heavy atom. The van der Waals surface area contributed by atoms with Crippen molar-refractivity contribution in [1.82, 2.24) is 19.7 Å². The molecule has 0 bridgehead atoms. The number of halogens is 1. The minimum atomic E-state index is -0.922. The molecule has 1 aliphatic heterocycles. The van der Waals surface area contributed by atoms with Crippen molar-refractivity contribution in [2.45, 2.75) is 31.7 Å². The number of imidazole rings is 1. The van der Waals surface area contributed by atoms with Gasteiger partial charge in [0.1, 0.15) is 17.6 Å². The van der Waals surface area contributed by atoms with E-state index in [1.807, 2.05) is 40.9 Å². The zero-order chi connectivity index (χ0) is 18.3. The van der Waals surface area contributed by atoms with E-state index in [1.54, 1.807) is 20.0 Å². The van der Waals surface area contributed by atoms with Crippen molar-refractivity contribution in [3.8, 4) is 11.4 Å². The number of nitrogens with one attached hydrogen (secondary N) is 2. The van der Waals surface area contributed by atoms with Crippen LogP contribution in [-0.2, 0) is 5.60 Å². The zero-order valence-corrected chi connectivity index (χ0v) is 14.8. The second-order valence-electron chi connectivity index (χ2n) is 7.18. The quantitative estimate of drug-likeness (QED) is 0.670. The monoisotopic (exact) mass is 355 g/mol. The molecule has 0 aliphatic carbocycles. The van der Waals surface area contributed by atoms with Gasteiger partial charge in [0, 0.05) is 19.3 Å². The van der Waals surface area contributed by atoms with E-state index in [0.717, 1.165) is 22.6 Å². The van der Waals surface area contributed by atoms with E-state index in [-0.39, 0.29) is 6.04 Å². The van der Waals surface area contributed by atoms with Gasteiger partial charge in [0.15, 0.2) is 0 Å². The molecule has 3 aromatic heterocycles. The maximum Gasteiger partial charge on any atom is 0.137 e. The molecule has 0 unspecified atom stereocenters. The van der Waals surface area contributed by atoms with Gasteiger partial charge in [-0.15, -0.1) is 0 Å². The molecule has 26 heavy (non-hydrogen) atoms. The second-order valence-corrected chi connectivity index (χ2v) is 7.18. The highest BCUT2D eigenvalue weighted by Gasteiger charge is 2.26. The van der Waals surface area contributed by atoms with Crippen LogP contribution in [0.25, 0.3) is 17.0 Å². The number of hydrogen-bond acceptors (Lipinski definition) is 5. The summed E-state index contributed by atoms with van der Waals surface area (Å²) in [5.41, 5.74) is 2.21. The molecule has 7 heteroatoms. The number of nitrogens with zero attached hydrogens (tertiary/aromatic N) is 3. The molecule has 3 aromatic rings. The molecule has 0 spiro atoms. The SMILES string of the molecule is CC(C)(O)c1ccn2c(-c3cccc(N[C@H]4CNC[C@@H]4F)n3)cnc2c1. The van der Waals surface area contributed by atoms with Crippen molar-refractivity contribution >= 4 is 11.5 Å². The molecule has 1 fully saturated rings. The fourth-order valence-electron chi connectivity index (χ4n) is 3.19. The fraction of sp³-hybridized carbons (Fsp3) is 0.368. The maximum absolute atomic E-state index is 13.8. The van der Waals surface area contributed by atoms with Crippen LogP contribution in [0.3, 0.4) is 0 Å². The van der Waals surface area contributed by atoms with Crippen molar-refractivity contribution in [3.63, 3.8) is 0 Å². The Bertz CT molecular complexity index is 933. The van der Waals surface area contributed by atoms with Gasteiger partial charge in [-0.1, -0.05) is 6.07 Å². The van der Waals surface area contributed by atoms with Gasteiger partial charge in [-0.25, -0.2) is 14.4 Å². The third-order valence-electron chi connectivity index (χ3n) is 4.70. The third kappa shape index (κ3) is 3.15. The summed E-state index contributed by atoms with van der Waals surface area (Å²) in [7, 11) is 0. The van der Waals surface area contributed by atoms with Crippen LogP contribution < -0.4 is 10.6 Å². The van der Waals surface area contributed by atoms with Crippen molar-refractivity contribution in [2.75, 3.05) is 18.4 Å². The molecule has 4 heterocycles. The lowest BCUT2D eigenvalue weighted by Crippen LogP contribution is -2.29. The minimum absolute atomic E-state index is 0.269. The van der Waals surface area contributed by atoms with E-state index in [0.29, 0.717) is 18.9 Å². The van der Waals surface area contributed by atoms with Crippen molar-refractivity contribution in [2.24, 2.45) is 0 Å². The molecule has 4 rings (SSSR count). The Morgan fingerprint density at radius 3 is 2.88 bits per heavy atom. The number of aromatic nitrogens is 3. The van der Waals surface area contributed by atoms with E-state index in [1.165, 1.54) is 0 Å². The number of pyridine rings is 2. The van der Waals surface area contributed by atoms with Gasteiger partial charge < -0.3 is 15.7 Å². The molecule has 0 radical (unpaired) electrons. The van der Waals surface area contributed by atoms with E-state index < -0.39 is 11.8 Å². The smallest absolute Gasteiger partial charge is 0.137 e. The summed E-state index contributed by atoms with van der Waals surface area (Å²) in [5, 5.41) is 16.4. The Kier molecular flexibility index (Phi) is 4.13. The number of fused-ring (bicyclic) bond motifs is 1. The largest absolute Gasteiger partial charge is 0.386 e. The van der Waals surface area contributed by atoms with Crippen LogP contribution in [-0.4, -0.2) is 44.8 Å². The first-order valence-electron chi connectivity index (χ1n) is 8.70. The van der Waals surface area contributed by atoms with Crippen molar-refractivity contribution in [1.29, 1.82) is 0 Å². The van der Waals surface area contributed by atoms with Gasteiger partial charge in [-0.2, -0.15) is 0 Å². The summed E-state index contributed by atoms with van der Waals surface area (Å²) in [4.78, 5) is 9.05. The number of anilines is 1. The Labute approximate surface area is 151 Å². The topological polar surface area (TPSA) is 74.5 Å². The highest BCUT2D eigenvalue weighted by atomic mass is 19.1. The fourth-order valence-corrected chi connectivity index (χ4v) is 3.19. The average Bonchev–Trinajstić information content (AvgIpc) is 3.20. The normalized spacial score (nSPS) is 20.6. The van der Waals surface area contributed by atoms with E-state index >= 15 is 0 Å². The summed E-state index contributed by atoms with van der Waals surface area (Å²) in [6.07, 6.45) is 2.71. The van der Waals surface area contributed by atoms with Crippen LogP contribution >= 0.6 is 0 Å². The first-order valence-corrected chi connectivity index (χ1v) is 8.70. The maximum atomic E-state index is 13.8. The van der Waals surface area contributed by atoms with E-state index in [9.17, 15) is 9.50 Å². The summed E-state index contributed by atoms with van der Waals surface area (Å²) in [5.74, 6) is 0.641. The van der Waals surface area contributed by atoms with Gasteiger partial charge >= 0.3 is 0 Å². The Balaban J connectivity index is 1.66. The lowest BCUT2D eigenvalue weighted by atomic mass is 10.00. The Hall–Kier alpha value is -2.51. The molecule has 2 atom stereocenters. The number of hydrogen-bond donors (Lipinski definition) is 3. The van der Waals surface area contributed by atoms with Crippen LogP contribution in [0.15, 0.2) is 42.7 Å². The minimum Gasteiger partial charge on any atom is -0.386 e. The van der Waals surface area contributed by atoms with Gasteiger partial charge in [-0.3, -0.25) is 4.40 Å². The lowest BCUT2D eigenvalue weighted by molar-refractivity contribution is 0.0786. The molecule has 3 N–H and O–H groups in total. The van der Waals surface area contributed by atoms with Crippen LogP contribution in [0.2, 0.25) is 0 Å². The molecule has 136 valence electrons. The highest BCUT2D eigenvalue weighted by molar-refractivity contribution is 5.62. The Morgan fingerprint density at radius 1 is 1.31 bits per heavy atom. The van der Waals surface area contributed by atoms with E-state index in [4.69, 9.17) is 0 Å². The molecular weight excluding hydrogens is 333 g/mol. The first kappa shape index (κ1) is 16.9. The average molecular weight is 355 g/mol. The molecule has 0 saturated carbocycles. The molecular formula is C19H22FN5O. The van der Waals surface area contributed by atoms with Crippen LogP contribution in [0.1, 0.15) is 19.4 Å². The molecule has 0 amide bonds. The number of aliphatic hydroxyl groups is 1. The summed E-state index contributed by atoms with van der Waals surface area (Å²) >= 11 is 0. The van der Waals surface area contributed by atoms with Gasteiger partial charge in [0.2, 0.25) is 0 Å². The predicted octanol–water partition coefficient (Wildman–Crippen LogP) is 2.35. The van der Waals surface area contributed by atoms with Gasteiger partial charge in [0.05, 0.1) is 29.2 Å². The molecule has 0 aromatic carbocycles. The van der Waals surface area contributed by atoms with Crippen molar-refractivity contribution < 1.29 is 9.50 Å². The molecule has 1 aliphatic rings. The molecule has 1 saturated heterocycles. The standard InChI is InChI=1S/C19H22FN5O/c1-19(2,26)12-6-7-25-16(11-22-18(25)8-12)14-4-3-5-17(23-14)24-15-10-21-9-13(15)20/h3-8,11,13,15,21,26H,9-10H2,1-2H3,(H,23,24)/t13-,15-/m0/s1. The lowest BCUT2D eigenvalue weighted by Gasteiger charge is -2.17. The van der Waals surface area contributed by atoms with Crippen molar-refractivity contribution in [3.05, 3.63) is 48.3 Å². The van der Waals surface area contributed by atoms with Crippen LogP contribution in [0.5, 0.6) is 0 Å². The van der Waals surface area contributed by atoms with E-state index in [2.05, 4.69) is 20.6 Å². The summed E-state index contributed by atoms with van der Waals surface area (Å²) in [6, 6.07) is 9.10. The van der Waals surface area contributed by atoms with Crippen LogP contribution in [0, 0.1) is 0 Å². The first-order chi connectivity index (χ1) is 12.4. The number of alkyl halides is 1. The van der Waals surface area contributed by atoms with Gasteiger partial charge in [-0.05, 0) is 43.7 Å². The zero-order valence-electron chi connectivity index (χ0n) is 14.8. The van der Waals surface area contributed by atoms with Crippen LogP contribution in [0.4, 0.5) is 10.2 Å². The highest BCUT2D eigenvalue weighted by Crippen LogP contribution is 2.25. The predicted molar refractivity (Wildman–Crippen MR) is 98.8 cm³/mol. The second kappa shape index (κ2) is 6.34. The third-order valence-corrected chi connectivity index (χ3v) is 4.70.